The number of nitrogens with one attached hydrogen (secondary N) is 1. The van der Waals surface area contributed by atoms with Crippen molar-refractivity contribution in [3.63, 3.8) is 0 Å². The molecule has 9 heteroatoms. The molecule has 2 N–H and O–H groups in total. The second kappa shape index (κ2) is 7.51. The van der Waals surface area contributed by atoms with E-state index in [2.05, 4.69) is 5.32 Å². The average molecular weight is 366 g/mol. The van der Waals surface area contributed by atoms with Gasteiger partial charge in [0, 0.05) is 12.6 Å². The first kappa shape index (κ1) is 18.7. The Morgan fingerprint density at radius 2 is 1.84 bits per heavy atom. The number of methoxy groups -OCH3 is 1. The topological polar surface area (TPSA) is 105 Å². The minimum absolute atomic E-state index is 0.0722. The number of sulfonamides is 1. The lowest BCUT2D eigenvalue weighted by Crippen LogP contribution is -2.26. The molecular formula is C16H18N2O6S. The molecule has 0 aromatic heterocycles. The Balaban J connectivity index is 2.42. The Labute approximate surface area is 145 Å². The van der Waals surface area contributed by atoms with Crippen LogP contribution in [0.25, 0.3) is 0 Å². The van der Waals surface area contributed by atoms with E-state index in [1.807, 2.05) is 0 Å². The SMILES string of the molecule is COc1ccc(C(=O)Nc2ccccc2O)cc1S(=O)(=O)N(C)OC. The van der Waals surface area contributed by atoms with Crippen LogP contribution in [0.5, 0.6) is 11.5 Å². The largest absolute Gasteiger partial charge is 0.506 e. The van der Waals surface area contributed by atoms with Gasteiger partial charge in [-0.05, 0) is 30.3 Å². The number of benzene rings is 2. The number of aromatic hydroxyl groups is 1. The lowest BCUT2D eigenvalue weighted by atomic mass is 10.2. The summed E-state index contributed by atoms with van der Waals surface area (Å²) in [5.74, 6) is -0.611. The van der Waals surface area contributed by atoms with E-state index < -0.39 is 15.9 Å². The zero-order valence-electron chi connectivity index (χ0n) is 13.9. The number of amides is 1. The fraction of sp³-hybridized carbons (Fsp3) is 0.188. The van der Waals surface area contributed by atoms with Gasteiger partial charge >= 0.3 is 0 Å². The van der Waals surface area contributed by atoms with Crippen LogP contribution in [0.3, 0.4) is 0 Å². The van der Waals surface area contributed by atoms with Crippen LogP contribution in [0.1, 0.15) is 10.4 Å². The van der Waals surface area contributed by atoms with Crippen LogP contribution in [0, 0.1) is 0 Å². The van der Waals surface area contributed by atoms with E-state index in [1.54, 1.807) is 12.1 Å². The molecule has 8 nitrogen and oxygen atoms in total. The number of anilines is 1. The van der Waals surface area contributed by atoms with E-state index in [1.165, 1.54) is 51.6 Å². The highest BCUT2D eigenvalue weighted by Crippen LogP contribution is 2.28. The molecule has 134 valence electrons. The van der Waals surface area contributed by atoms with E-state index >= 15 is 0 Å². The zero-order valence-corrected chi connectivity index (χ0v) is 14.7. The molecule has 0 radical (unpaired) electrons. The standard InChI is InChI=1S/C16H18N2O6S/c1-18(24-3)25(21,22)15-10-11(8-9-14(15)23-2)16(20)17-12-6-4-5-7-13(12)19/h4-10,19H,1-3H3,(H,17,20). The molecule has 0 aliphatic carbocycles. The lowest BCUT2D eigenvalue weighted by Gasteiger charge is -2.17. The molecule has 2 rings (SSSR count). The fourth-order valence-electron chi connectivity index (χ4n) is 2.03. The molecular weight excluding hydrogens is 348 g/mol. The van der Waals surface area contributed by atoms with Crippen molar-refractivity contribution in [3.05, 3.63) is 48.0 Å². The molecule has 0 heterocycles. The number of rotatable bonds is 6. The van der Waals surface area contributed by atoms with Gasteiger partial charge in [-0.25, -0.2) is 8.42 Å². The van der Waals surface area contributed by atoms with Gasteiger partial charge in [0.1, 0.15) is 16.4 Å². The van der Waals surface area contributed by atoms with Crippen LogP contribution in [-0.2, 0) is 14.9 Å². The summed E-state index contributed by atoms with van der Waals surface area (Å²) < 4.78 is 30.7. The molecule has 1 amide bonds. The maximum Gasteiger partial charge on any atom is 0.268 e. The van der Waals surface area contributed by atoms with E-state index in [0.717, 1.165) is 0 Å². The van der Waals surface area contributed by atoms with Gasteiger partial charge in [0.2, 0.25) is 0 Å². The minimum Gasteiger partial charge on any atom is -0.506 e. The fourth-order valence-corrected chi connectivity index (χ4v) is 3.18. The molecule has 0 saturated carbocycles. The Kier molecular flexibility index (Phi) is 5.62. The highest BCUT2D eigenvalue weighted by molar-refractivity contribution is 7.89. The number of hydrogen-bond donors (Lipinski definition) is 2. The molecule has 2 aromatic carbocycles. The van der Waals surface area contributed by atoms with Crippen LogP contribution in [0.2, 0.25) is 0 Å². The first-order chi connectivity index (χ1) is 11.8. The maximum absolute atomic E-state index is 12.5. The highest BCUT2D eigenvalue weighted by atomic mass is 32.2. The summed E-state index contributed by atoms with van der Waals surface area (Å²) in [6.45, 7) is 0. The summed E-state index contributed by atoms with van der Waals surface area (Å²) in [4.78, 5) is 16.9. The van der Waals surface area contributed by atoms with Gasteiger partial charge in [-0.2, -0.15) is 0 Å². The van der Waals surface area contributed by atoms with Gasteiger partial charge in [0.15, 0.2) is 0 Å². The average Bonchev–Trinajstić information content (AvgIpc) is 2.62. The molecule has 0 unspecified atom stereocenters. The maximum atomic E-state index is 12.5. The van der Waals surface area contributed by atoms with Crippen LogP contribution in [-0.4, -0.2) is 45.2 Å². The number of carbonyl (C=O) groups is 1. The Hall–Kier alpha value is -2.62. The van der Waals surface area contributed by atoms with Gasteiger partial charge in [-0.1, -0.05) is 16.6 Å². The molecule has 0 aliphatic rings. The van der Waals surface area contributed by atoms with Crippen LogP contribution in [0.4, 0.5) is 5.69 Å². The molecule has 0 fully saturated rings. The summed E-state index contributed by atoms with van der Waals surface area (Å²) in [5.41, 5.74) is 0.286. The molecule has 0 saturated heterocycles. The van der Waals surface area contributed by atoms with E-state index in [9.17, 15) is 18.3 Å². The van der Waals surface area contributed by atoms with Gasteiger partial charge in [-0.15, -0.1) is 0 Å². The Morgan fingerprint density at radius 3 is 2.44 bits per heavy atom. The molecule has 0 atom stereocenters. The van der Waals surface area contributed by atoms with Gasteiger partial charge in [-0.3, -0.25) is 9.63 Å². The summed E-state index contributed by atoms with van der Waals surface area (Å²) in [5, 5.41) is 12.2. The van der Waals surface area contributed by atoms with Crippen molar-refractivity contribution >= 4 is 21.6 Å². The lowest BCUT2D eigenvalue weighted by molar-refractivity contribution is -0.0259. The van der Waals surface area contributed by atoms with Crippen LogP contribution >= 0.6 is 0 Å². The quantitative estimate of drug-likeness (QED) is 0.597. The second-order valence-electron chi connectivity index (χ2n) is 4.93. The van der Waals surface area contributed by atoms with Gasteiger partial charge in [0.05, 0.1) is 19.9 Å². The number of hydroxylamine groups is 1. The Bertz CT molecular complexity index is 882. The zero-order chi connectivity index (χ0) is 18.6. The smallest absolute Gasteiger partial charge is 0.268 e. The van der Waals surface area contributed by atoms with E-state index in [4.69, 9.17) is 9.57 Å². The number of para-hydroxylation sites is 2. The molecule has 0 spiro atoms. The number of phenolic OH excluding ortho intramolecular Hbond substituents is 1. The number of phenols is 1. The van der Waals surface area contributed by atoms with Crippen molar-refractivity contribution in [2.75, 3.05) is 26.6 Å². The third kappa shape index (κ3) is 3.90. The van der Waals surface area contributed by atoms with Crippen molar-refractivity contribution in [1.29, 1.82) is 0 Å². The molecule has 0 aliphatic heterocycles. The molecule has 25 heavy (non-hydrogen) atoms. The monoisotopic (exact) mass is 366 g/mol. The first-order valence-corrected chi connectivity index (χ1v) is 8.55. The van der Waals surface area contributed by atoms with Crippen LogP contribution in [0.15, 0.2) is 47.4 Å². The summed E-state index contributed by atoms with van der Waals surface area (Å²) in [6, 6.07) is 10.2. The summed E-state index contributed by atoms with van der Waals surface area (Å²) in [7, 11) is -0.257. The highest BCUT2D eigenvalue weighted by Gasteiger charge is 2.26. The van der Waals surface area contributed by atoms with E-state index in [-0.39, 0.29) is 27.6 Å². The van der Waals surface area contributed by atoms with Crippen molar-refractivity contribution in [3.8, 4) is 11.5 Å². The first-order valence-electron chi connectivity index (χ1n) is 7.11. The van der Waals surface area contributed by atoms with Crippen LogP contribution < -0.4 is 10.1 Å². The van der Waals surface area contributed by atoms with Crippen molar-refractivity contribution in [2.24, 2.45) is 0 Å². The Morgan fingerprint density at radius 1 is 1.16 bits per heavy atom. The number of carbonyl (C=O) groups excluding carboxylic acids is 1. The number of hydrogen-bond acceptors (Lipinski definition) is 6. The molecule has 0 bridgehead atoms. The van der Waals surface area contributed by atoms with Crippen molar-refractivity contribution in [1.82, 2.24) is 4.47 Å². The molecule has 2 aromatic rings. The number of nitrogens with zero attached hydrogens (tertiary/aromatic N) is 1. The van der Waals surface area contributed by atoms with Gasteiger partial charge < -0.3 is 15.2 Å². The summed E-state index contributed by atoms with van der Waals surface area (Å²) >= 11 is 0. The third-order valence-corrected chi connectivity index (χ3v) is 5.15. The normalized spacial score (nSPS) is 11.4. The van der Waals surface area contributed by atoms with Crippen molar-refractivity contribution < 1.29 is 27.9 Å². The minimum atomic E-state index is -4.01. The second-order valence-corrected chi connectivity index (χ2v) is 6.84. The van der Waals surface area contributed by atoms with Gasteiger partial charge in [0.25, 0.3) is 15.9 Å². The third-order valence-electron chi connectivity index (χ3n) is 3.45. The van der Waals surface area contributed by atoms with E-state index in [0.29, 0.717) is 4.47 Å². The predicted octanol–water partition coefficient (Wildman–Crippen LogP) is 1.83. The predicted molar refractivity (Wildman–Crippen MR) is 91.0 cm³/mol. The number of ether oxygens (including phenoxy) is 1. The summed E-state index contributed by atoms with van der Waals surface area (Å²) in [6.07, 6.45) is 0. The van der Waals surface area contributed by atoms with Crippen molar-refractivity contribution in [2.45, 2.75) is 4.90 Å².